The number of benzene rings is 2. The van der Waals surface area contributed by atoms with Crippen LogP contribution >= 0.6 is 0 Å². The van der Waals surface area contributed by atoms with Crippen molar-refractivity contribution >= 4 is 28.4 Å². The number of amides is 1. The Morgan fingerprint density at radius 3 is 2.68 bits per heavy atom. The Balaban J connectivity index is 1.63. The Kier molecular flexibility index (Phi) is 7.06. The summed E-state index contributed by atoms with van der Waals surface area (Å²) in [6.07, 6.45) is 4.92. The van der Waals surface area contributed by atoms with Gasteiger partial charge in [0.2, 0.25) is 5.91 Å². The molecule has 1 amide bonds. The maximum Gasteiger partial charge on any atom is 0.310 e. The summed E-state index contributed by atoms with van der Waals surface area (Å²) >= 11 is 0. The minimum absolute atomic E-state index is 0.111. The predicted molar refractivity (Wildman–Crippen MR) is 133 cm³/mol. The molecular formula is C28H31NO5. The summed E-state index contributed by atoms with van der Waals surface area (Å²) in [6.45, 7) is 7.13. The first-order chi connectivity index (χ1) is 16.4. The van der Waals surface area contributed by atoms with Crippen LogP contribution < -0.4 is 4.74 Å². The molecule has 1 aliphatic heterocycles. The van der Waals surface area contributed by atoms with Crippen LogP contribution in [-0.2, 0) is 14.3 Å². The highest BCUT2D eigenvalue weighted by molar-refractivity contribution is 6.00. The molecule has 6 nitrogen and oxygen atoms in total. The number of fused-ring (bicyclic) bond motifs is 1. The summed E-state index contributed by atoms with van der Waals surface area (Å²) < 4.78 is 16.6. The second-order valence-corrected chi connectivity index (χ2v) is 8.77. The smallest absolute Gasteiger partial charge is 0.310 e. The Morgan fingerprint density at radius 2 is 1.97 bits per heavy atom. The van der Waals surface area contributed by atoms with Gasteiger partial charge in [-0.05, 0) is 50.8 Å². The number of hydrogen-bond acceptors (Lipinski definition) is 5. The summed E-state index contributed by atoms with van der Waals surface area (Å²) in [5.74, 6) is 0.0400. The molecular weight excluding hydrogens is 430 g/mol. The molecule has 1 saturated heterocycles. The SMILES string of the molecule is CCOC(=O)C1CCCN(C(=O)/C=C(\C)c2cc3c(-c4ccc(C)cc4)coc3cc2OC)C1. The van der Waals surface area contributed by atoms with Gasteiger partial charge in [-0.25, -0.2) is 0 Å². The second-order valence-electron chi connectivity index (χ2n) is 8.77. The number of esters is 1. The number of ether oxygens (including phenoxy) is 2. The first-order valence-corrected chi connectivity index (χ1v) is 11.7. The molecule has 1 fully saturated rings. The maximum atomic E-state index is 13.1. The monoisotopic (exact) mass is 461 g/mol. The van der Waals surface area contributed by atoms with Gasteiger partial charge >= 0.3 is 5.97 Å². The van der Waals surface area contributed by atoms with Crippen molar-refractivity contribution in [3.8, 4) is 16.9 Å². The third kappa shape index (κ3) is 4.86. The van der Waals surface area contributed by atoms with E-state index in [0.717, 1.165) is 46.1 Å². The lowest BCUT2D eigenvalue weighted by Gasteiger charge is -2.31. The van der Waals surface area contributed by atoms with Gasteiger partial charge < -0.3 is 18.8 Å². The fourth-order valence-corrected chi connectivity index (χ4v) is 4.47. The number of carbonyl (C=O) groups excluding carboxylic acids is 2. The zero-order valence-corrected chi connectivity index (χ0v) is 20.2. The Hall–Kier alpha value is -3.54. The van der Waals surface area contributed by atoms with Crippen LogP contribution in [0.25, 0.3) is 27.7 Å². The molecule has 1 atom stereocenters. The third-order valence-electron chi connectivity index (χ3n) is 6.38. The number of carbonyl (C=O) groups is 2. The lowest BCUT2D eigenvalue weighted by atomic mass is 9.97. The number of hydrogen-bond donors (Lipinski definition) is 0. The van der Waals surface area contributed by atoms with E-state index in [-0.39, 0.29) is 17.8 Å². The fraction of sp³-hybridized carbons (Fsp3) is 0.357. The van der Waals surface area contributed by atoms with Crippen molar-refractivity contribution in [1.82, 2.24) is 4.90 Å². The van der Waals surface area contributed by atoms with Crippen LogP contribution in [-0.4, -0.2) is 43.6 Å². The van der Waals surface area contributed by atoms with E-state index in [1.54, 1.807) is 31.3 Å². The number of rotatable bonds is 6. The topological polar surface area (TPSA) is 69.0 Å². The summed E-state index contributed by atoms with van der Waals surface area (Å²) in [6, 6.07) is 12.2. The minimum atomic E-state index is -0.264. The summed E-state index contributed by atoms with van der Waals surface area (Å²) in [7, 11) is 1.61. The van der Waals surface area contributed by atoms with E-state index in [4.69, 9.17) is 13.9 Å². The van der Waals surface area contributed by atoms with E-state index < -0.39 is 0 Å². The quantitative estimate of drug-likeness (QED) is 0.352. The molecule has 0 bridgehead atoms. The number of piperidine rings is 1. The van der Waals surface area contributed by atoms with E-state index in [1.807, 2.05) is 19.1 Å². The Morgan fingerprint density at radius 1 is 1.21 bits per heavy atom. The summed E-state index contributed by atoms with van der Waals surface area (Å²) in [5, 5.41) is 0.959. The standard InChI is InChI=1S/C28H31NO5/c1-5-33-28(31)21-7-6-12-29(16-21)27(30)13-19(3)22-14-23-24(20-10-8-18(2)9-11-20)17-34-26(23)15-25(22)32-4/h8-11,13-15,17,21H,5-7,12,16H2,1-4H3/b19-13+. The average molecular weight is 462 g/mol. The second kappa shape index (κ2) is 10.2. The average Bonchev–Trinajstić information content (AvgIpc) is 3.26. The lowest BCUT2D eigenvalue weighted by molar-refractivity contribution is -0.150. The number of aryl methyl sites for hydroxylation is 1. The third-order valence-corrected chi connectivity index (χ3v) is 6.38. The van der Waals surface area contributed by atoms with Gasteiger partial charge in [0.1, 0.15) is 11.3 Å². The van der Waals surface area contributed by atoms with Gasteiger partial charge in [0, 0.05) is 41.7 Å². The first kappa shape index (κ1) is 23.6. The van der Waals surface area contributed by atoms with Crippen LogP contribution in [0, 0.1) is 12.8 Å². The van der Waals surface area contributed by atoms with E-state index in [9.17, 15) is 9.59 Å². The Bertz CT molecular complexity index is 1220. The van der Waals surface area contributed by atoms with Gasteiger partial charge in [-0.1, -0.05) is 29.8 Å². The van der Waals surface area contributed by atoms with Crippen molar-refractivity contribution in [2.45, 2.75) is 33.6 Å². The van der Waals surface area contributed by atoms with Gasteiger partial charge in [-0.3, -0.25) is 9.59 Å². The van der Waals surface area contributed by atoms with Gasteiger partial charge in [-0.15, -0.1) is 0 Å². The molecule has 2 aromatic carbocycles. The molecule has 178 valence electrons. The highest BCUT2D eigenvalue weighted by Crippen LogP contribution is 2.37. The van der Waals surface area contributed by atoms with Gasteiger partial charge in [0.25, 0.3) is 0 Å². The lowest BCUT2D eigenvalue weighted by Crippen LogP contribution is -2.42. The van der Waals surface area contributed by atoms with E-state index in [2.05, 4.69) is 31.2 Å². The maximum absolute atomic E-state index is 13.1. The predicted octanol–water partition coefficient (Wildman–Crippen LogP) is 5.62. The van der Waals surface area contributed by atoms with E-state index in [0.29, 0.717) is 25.4 Å². The molecule has 6 heteroatoms. The number of nitrogens with zero attached hydrogens (tertiary/aromatic N) is 1. The molecule has 1 aromatic heterocycles. The number of likely N-dealkylation sites (tertiary alicyclic amines) is 1. The normalized spacial score (nSPS) is 16.5. The molecule has 4 rings (SSSR count). The molecule has 0 aliphatic carbocycles. The molecule has 1 unspecified atom stereocenters. The summed E-state index contributed by atoms with van der Waals surface area (Å²) in [4.78, 5) is 27.0. The van der Waals surface area contributed by atoms with Crippen LogP contribution in [0.1, 0.15) is 37.8 Å². The van der Waals surface area contributed by atoms with Crippen molar-refractivity contribution in [2.75, 3.05) is 26.8 Å². The van der Waals surface area contributed by atoms with Crippen molar-refractivity contribution in [3.63, 3.8) is 0 Å². The number of allylic oxidation sites excluding steroid dienone is 1. The molecule has 0 radical (unpaired) electrons. The van der Waals surface area contributed by atoms with Crippen molar-refractivity contribution in [2.24, 2.45) is 5.92 Å². The zero-order chi connectivity index (χ0) is 24.2. The molecule has 1 aliphatic rings. The van der Waals surface area contributed by atoms with Crippen LogP contribution in [0.3, 0.4) is 0 Å². The van der Waals surface area contributed by atoms with Crippen molar-refractivity contribution < 1.29 is 23.5 Å². The van der Waals surface area contributed by atoms with E-state index in [1.165, 1.54) is 5.56 Å². The van der Waals surface area contributed by atoms with Crippen LogP contribution in [0.4, 0.5) is 0 Å². The van der Waals surface area contributed by atoms with Gasteiger partial charge in [0.05, 0.1) is 25.9 Å². The fourth-order valence-electron chi connectivity index (χ4n) is 4.47. The molecule has 3 aromatic rings. The highest BCUT2D eigenvalue weighted by Gasteiger charge is 2.29. The molecule has 2 heterocycles. The molecule has 34 heavy (non-hydrogen) atoms. The number of furan rings is 1. The van der Waals surface area contributed by atoms with Crippen molar-refractivity contribution in [1.29, 1.82) is 0 Å². The van der Waals surface area contributed by atoms with Gasteiger partial charge in [0.15, 0.2) is 0 Å². The van der Waals surface area contributed by atoms with Crippen LogP contribution in [0.15, 0.2) is 53.2 Å². The minimum Gasteiger partial charge on any atom is -0.496 e. The van der Waals surface area contributed by atoms with E-state index >= 15 is 0 Å². The van der Waals surface area contributed by atoms with Crippen molar-refractivity contribution in [3.05, 3.63) is 59.9 Å². The van der Waals surface area contributed by atoms with Crippen LogP contribution in [0.5, 0.6) is 5.75 Å². The molecule has 0 N–H and O–H groups in total. The zero-order valence-electron chi connectivity index (χ0n) is 20.2. The summed E-state index contributed by atoms with van der Waals surface area (Å²) in [5.41, 5.74) is 5.60. The molecule has 0 spiro atoms. The number of methoxy groups -OCH3 is 1. The highest BCUT2D eigenvalue weighted by atomic mass is 16.5. The Labute approximate surface area is 200 Å². The molecule has 0 saturated carbocycles. The first-order valence-electron chi connectivity index (χ1n) is 11.7. The van der Waals surface area contributed by atoms with Crippen LogP contribution in [0.2, 0.25) is 0 Å². The largest absolute Gasteiger partial charge is 0.496 e. The van der Waals surface area contributed by atoms with Gasteiger partial charge in [-0.2, -0.15) is 0 Å².